The van der Waals surface area contributed by atoms with Crippen LogP contribution in [0, 0.1) is 13.8 Å². The van der Waals surface area contributed by atoms with Gasteiger partial charge in [0.25, 0.3) is 0 Å². The average Bonchev–Trinajstić information content (AvgIpc) is 2.34. The number of hydrogen-bond acceptors (Lipinski definition) is 3. The molecule has 1 aromatic rings. The summed E-state index contributed by atoms with van der Waals surface area (Å²) in [5, 5.41) is 3.25. The second kappa shape index (κ2) is 5.53. The van der Waals surface area contributed by atoms with Gasteiger partial charge >= 0.3 is 0 Å². The zero-order chi connectivity index (χ0) is 14.0. The summed E-state index contributed by atoms with van der Waals surface area (Å²) >= 11 is 0. The molecule has 1 heterocycles. The molecule has 0 aromatic heterocycles. The van der Waals surface area contributed by atoms with Crippen molar-refractivity contribution in [3.63, 3.8) is 0 Å². The smallest absolute Gasteiger partial charge is 0.246 e. The molecule has 1 fully saturated rings. The fraction of sp³-hybridized carbons (Fsp3) is 0.467. The van der Waals surface area contributed by atoms with Gasteiger partial charge in [-0.15, -0.1) is 0 Å². The summed E-state index contributed by atoms with van der Waals surface area (Å²) in [4.78, 5) is 24.5. The summed E-state index contributed by atoms with van der Waals surface area (Å²) in [5.41, 5.74) is 3.61. The summed E-state index contributed by atoms with van der Waals surface area (Å²) in [6, 6.07) is 6.11. The maximum Gasteiger partial charge on any atom is 0.246 e. The molecule has 4 heteroatoms. The topological polar surface area (TPSA) is 49.4 Å². The van der Waals surface area contributed by atoms with Crippen molar-refractivity contribution < 1.29 is 9.59 Å². The van der Waals surface area contributed by atoms with E-state index < -0.39 is 0 Å². The Labute approximate surface area is 113 Å². The van der Waals surface area contributed by atoms with Gasteiger partial charge in [0, 0.05) is 20.0 Å². The van der Waals surface area contributed by atoms with Gasteiger partial charge in [-0.3, -0.25) is 14.5 Å². The van der Waals surface area contributed by atoms with Crippen molar-refractivity contribution >= 4 is 11.8 Å². The van der Waals surface area contributed by atoms with E-state index in [1.807, 2.05) is 0 Å². The van der Waals surface area contributed by atoms with Crippen LogP contribution in [0.4, 0.5) is 0 Å². The number of carbonyl (C=O) groups is 2. The van der Waals surface area contributed by atoms with Crippen LogP contribution in [0.5, 0.6) is 0 Å². The maximum atomic E-state index is 11.9. The van der Waals surface area contributed by atoms with Crippen LogP contribution in [-0.4, -0.2) is 29.8 Å². The standard InChI is InChI=1S/C15H20N2O2/c1-10-6-11(2)8-12(7-10)9-16-13-4-5-14(18)17(3)15(13)19/h6-8,13,16H,4-5,9H2,1-3H3. The number of benzene rings is 1. The third-order valence-corrected chi connectivity index (χ3v) is 3.48. The van der Waals surface area contributed by atoms with Crippen LogP contribution in [0.3, 0.4) is 0 Å². The Bertz CT molecular complexity index is 491. The molecule has 1 unspecified atom stereocenters. The molecular weight excluding hydrogens is 240 g/mol. The molecule has 1 N–H and O–H groups in total. The average molecular weight is 260 g/mol. The molecule has 0 radical (unpaired) electrons. The van der Waals surface area contributed by atoms with Gasteiger partial charge in [0.2, 0.25) is 11.8 Å². The largest absolute Gasteiger partial charge is 0.302 e. The van der Waals surface area contributed by atoms with Crippen LogP contribution < -0.4 is 5.32 Å². The van der Waals surface area contributed by atoms with Crippen molar-refractivity contribution in [3.8, 4) is 0 Å². The lowest BCUT2D eigenvalue weighted by Gasteiger charge is -2.28. The number of amides is 2. The van der Waals surface area contributed by atoms with Crippen molar-refractivity contribution in [1.82, 2.24) is 10.2 Å². The number of rotatable bonds is 3. The Morgan fingerprint density at radius 3 is 2.47 bits per heavy atom. The molecule has 0 aliphatic carbocycles. The lowest BCUT2D eigenvalue weighted by Crippen LogP contribution is -2.51. The van der Waals surface area contributed by atoms with Crippen molar-refractivity contribution in [1.29, 1.82) is 0 Å². The Morgan fingerprint density at radius 2 is 1.84 bits per heavy atom. The molecule has 2 rings (SSSR count). The van der Waals surface area contributed by atoms with Crippen molar-refractivity contribution in [3.05, 3.63) is 34.9 Å². The summed E-state index contributed by atoms with van der Waals surface area (Å²) in [7, 11) is 1.55. The van der Waals surface area contributed by atoms with Gasteiger partial charge in [0.15, 0.2) is 0 Å². The van der Waals surface area contributed by atoms with Gasteiger partial charge in [-0.1, -0.05) is 29.3 Å². The molecule has 4 nitrogen and oxygen atoms in total. The van der Waals surface area contributed by atoms with E-state index in [0.717, 1.165) is 0 Å². The molecule has 1 aliphatic rings. The van der Waals surface area contributed by atoms with E-state index in [2.05, 4.69) is 37.4 Å². The number of aryl methyl sites for hydroxylation is 2. The van der Waals surface area contributed by atoms with E-state index in [1.165, 1.54) is 21.6 Å². The van der Waals surface area contributed by atoms with Gasteiger partial charge in [0.1, 0.15) is 0 Å². The van der Waals surface area contributed by atoms with Gasteiger partial charge in [-0.25, -0.2) is 0 Å². The summed E-state index contributed by atoms with van der Waals surface area (Å²) in [6.45, 7) is 4.78. The minimum atomic E-state index is -0.247. The number of nitrogens with zero attached hydrogens (tertiary/aromatic N) is 1. The van der Waals surface area contributed by atoms with Crippen LogP contribution in [0.2, 0.25) is 0 Å². The zero-order valence-electron chi connectivity index (χ0n) is 11.7. The Hall–Kier alpha value is -1.68. The number of piperidine rings is 1. The van der Waals surface area contributed by atoms with Crippen LogP contribution in [0.15, 0.2) is 18.2 Å². The van der Waals surface area contributed by atoms with E-state index >= 15 is 0 Å². The van der Waals surface area contributed by atoms with E-state index in [-0.39, 0.29) is 17.9 Å². The molecule has 0 spiro atoms. The lowest BCUT2D eigenvalue weighted by atomic mass is 10.0. The summed E-state index contributed by atoms with van der Waals surface area (Å²) in [6.07, 6.45) is 1.03. The maximum absolute atomic E-state index is 11.9. The first-order valence-corrected chi connectivity index (χ1v) is 6.58. The quantitative estimate of drug-likeness (QED) is 0.839. The number of imide groups is 1. The number of likely N-dealkylation sites (tertiary alicyclic amines) is 1. The molecule has 19 heavy (non-hydrogen) atoms. The normalized spacial score (nSPS) is 19.9. The highest BCUT2D eigenvalue weighted by atomic mass is 16.2. The number of likely N-dealkylation sites (N-methyl/N-ethyl adjacent to an activating group) is 1. The molecule has 0 bridgehead atoms. The van der Waals surface area contributed by atoms with Gasteiger partial charge in [0.05, 0.1) is 6.04 Å². The fourth-order valence-electron chi connectivity index (χ4n) is 2.52. The minimum Gasteiger partial charge on any atom is -0.302 e. The number of nitrogens with one attached hydrogen (secondary N) is 1. The lowest BCUT2D eigenvalue weighted by molar-refractivity contribution is -0.148. The Balaban J connectivity index is 1.99. The third-order valence-electron chi connectivity index (χ3n) is 3.48. The first kappa shape index (κ1) is 13.7. The molecule has 2 amide bonds. The molecule has 1 saturated heterocycles. The van der Waals surface area contributed by atoms with Crippen molar-refractivity contribution in [2.24, 2.45) is 0 Å². The molecule has 1 aromatic carbocycles. The van der Waals surface area contributed by atoms with Gasteiger partial charge in [-0.2, -0.15) is 0 Å². The van der Waals surface area contributed by atoms with Crippen LogP contribution in [-0.2, 0) is 16.1 Å². The highest BCUT2D eigenvalue weighted by Crippen LogP contribution is 2.13. The van der Waals surface area contributed by atoms with Crippen LogP contribution >= 0.6 is 0 Å². The second-order valence-corrected chi connectivity index (χ2v) is 5.26. The second-order valence-electron chi connectivity index (χ2n) is 5.26. The van der Waals surface area contributed by atoms with E-state index in [0.29, 0.717) is 19.4 Å². The highest BCUT2D eigenvalue weighted by molar-refractivity contribution is 6.00. The molecule has 1 atom stereocenters. The van der Waals surface area contributed by atoms with Crippen molar-refractivity contribution in [2.45, 2.75) is 39.3 Å². The number of carbonyl (C=O) groups excluding carboxylic acids is 2. The predicted octanol–water partition coefficient (Wildman–Crippen LogP) is 1.54. The highest BCUT2D eigenvalue weighted by Gasteiger charge is 2.31. The molecule has 1 aliphatic heterocycles. The Kier molecular flexibility index (Phi) is 4.00. The van der Waals surface area contributed by atoms with Crippen molar-refractivity contribution in [2.75, 3.05) is 7.05 Å². The fourth-order valence-corrected chi connectivity index (χ4v) is 2.52. The van der Waals surface area contributed by atoms with Crippen LogP contribution in [0.1, 0.15) is 29.5 Å². The monoisotopic (exact) mass is 260 g/mol. The van der Waals surface area contributed by atoms with Crippen LogP contribution in [0.25, 0.3) is 0 Å². The van der Waals surface area contributed by atoms with Gasteiger partial charge in [-0.05, 0) is 25.8 Å². The third kappa shape index (κ3) is 3.20. The molecule has 0 saturated carbocycles. The Morgan fingerprint density at radius 1 is 1.21 bits per heavy atom. The minimum absolute atomic E-state index is 0.0885. The van der Waals surface area contributed by atoms with E-state index in [9.17, 15) is 9.59 Å². The summed E-state index contributed by atoms with van der Waals surface area (Å²) in [5.74, 6) is -0.213. The van der Waals surface area contributed by atoms with Gasteiger partial charge < -0.3 is 5.32 Å². The first-order valence-electron chi connectivity index (χ1n) is 6.58. The molecule has 102 valence electrons. The summed E-state index contributed by atoms with van der Waals surface area (Å²) < 4.78 is 0. The zero-order valence-corrected chi connectivity index (χ0v) is 11.7. The van der Waals surface area contributed by atoms with E-state index in [4.69, 9.17) is 0 Å². The van der Waals surface area contributed by atoms with E-state index in [1.54, 1.807) is 7.05 Å². The predicted molar refractivity (Wildman–Crippen MR) is 73.6 cm³/mol. The number of hydrogen-bond donors (Lipinski definition) is 1. The SMILES string of the molecule is Cc1cc(C)cc(CNC2CCC(=O)N(C)C2=O)c1. The molecular formula is C15H20N2O2. The first-order chi connectivity index (χ1) is 8.97.